The lowest BCUT2D eigenvalue weighted by Gasteiger charge is -2.22. The topological polar surface area (TPSA) is 23.5 Å². The highest BCUT2D eigenvalue weighted by atomic mass is 127. The minimum absolute atomic E-state index is 0.377. The molecule has 0 fully saturated rings. The van der Waals surface area contributed by atoms with Gasteiger partial charge in [-0.15, -0.1) is 0 Å². The number of benzene rings is 1. The number of aliphatic hydroxyl groups excluding tert-OH is 1. The summed E-state index contributed by atoms with van der Waals surface area (Å²) in [5, 5.41) is 10.1. The van der Waals surface area contributed by atoms with Gasteiger partial charge in [-0.05, 0) is 47.3 Å². The maximum atomic E-state index is 10.1. The Morgan fingerprint density at radius 2 is 1.87 bits per heavy atom. The van der Waals surface area contributed by atoms with Crippen molar-refractivity contribution in [2.45, 2.75) is 20.0 Å². The highest BCUT2D eigenvalue weighted by molar-refractivity contribution is 14.1. The van der Waals surface area contributed by atoms with Crippen molar-refractivity contribution in [1.82, 2.24) is 4.90 Å². The second-order valence-corrected chi connectivity index (χ2v) is 4.69. The van der Waals surface area contributed by atoms with Gasteiger partial charge in [0.25, 0.3) is 0 Å². The summed E-state index contributed by atoms with van der Waals surface area (Å²) in [7, 11) is 0. The molecule has 0 aliphatic rings. The summed E-state index contributed by atoms with van der Waals surface area (Å²) in [5.41, 5.74) is 1.03. The molecule has 1 unspecified atom stereocenters. The van der Waals surface area contributed by atoms with Crippen LogP contribution in [-0.2, 0) is 0 Å². The quantitative estimate of drug-likeness (QED) is 0.844. The van der Waals surface area contributed by atoms with E-state index in [4.69, 9.17) is 0 Å². The van der Waals surface area contributed by atoms with Crippen molar-refractivity contribution in [3.05, 3.63) is 33.4 Å². The molecule has 0 aromatic heterocycles. The average Bonchev–Trinajstić information content (AvgIpc) is 2.26. The van der Waals surface area contributed by atoms with Crippen LogP contribution < -0.4 is 0 Å². The van der Waals surface area contributed by atoms with Crippen molar-refractivity contribution < 1.29 is 5.11 Å². The molecule has 1 aromatic carbocycles. The first kappa shape index (κ1) is 12.9. The second kappa shape index (κ2) is 6.45. The molecule has 0 saturated heterocycles. The van der Waals surface area contributed by atoms with Gasteiger partial charge in [0.05, 0.1) is 6.10 Å². The van der Waals surface area contributed by atoms with Crippen LogP contribution in [0.1, 0.15) is 25.5 Å². The van der Waals surface area contributed by atoms with Crippen molar-refractivity contribution in [2.75, 3.05) is 19.6 Å². The van der Waals surface area contributed by atoms with Gasteiger partial charge >= 0.3 is 0 Å². The Labute approximate surface area is 105 Å². The van der Waals surface area contributed by atoms with Gasteiger partial charge in [0.15, 0.2) is 0 Å². The van der Waals surface area contributed by atoms with Crippen LogP contribution in [0.2, 0.25) is 0 Å². The lowest BCUT2D eigenvalue weighted by Crippen LogP contribution is -2.28. The maximum absolute atomic E-state index is 10.1. The predicted octanol–water partition coefficient (Wildman–Crippen LogP) is 2.67. The smallest absolute Gasteiger partial charge is 0.0927 e. The molecule has 3 heteroatoms. The lowest BCUT2D eigenvalue weighted by atomic mass is 10.1. The first-order chi connectivity index (χ1) is 7.19. The van der Waals surface area contributed by atoms with E-state index in [1.165, 1.54) is 0 Å². The Morgan fingerprint density at radius 3 is 2.40 bits per heavy atom. The molecule has 0 spiro atoms. The van der Waals surface area contributed by atoms with Gasteiger partial charge in [-0.1, -0.05) is 32.0 Å². The zero-order valence-electron chi connectivity index (χ0n) is 9.28. The molecule has 1 N–H and O–H groups in total. The van der Waals surface area contributed by atoms with Crippen LogP contribution in [0.3, 0.4) is 0 Å². The van der Waals surface area contributed by atoms with Gasteiger partial charge in [-0.2, -0.15) is 0 Å². The zero-order valence-corrected chi connectivity index (χ0v) is 11.4. The minimum Gasteiger partial charge on any atom is -0.387 e. The van der Waals surface area contributed by atoms with E-state index in [9.17, 15) is 5.11 Å². The summed E-state index contributed by atoms with van der Waals surface area (Å²) < 4.78 is 1.13. The first-order valence-electron chi connectivity index (χ1n) is 5.33. The van der Waals surface area contributed by atoms with Gasteiger partial charge in [0.1, 0.15) is 0 Å². The van der Waals surface area contributed by atoms with Crippen LogP contribution in [-0.4, -0.2) is 29.6 Å². The lowest BCUT2D eigenvalue weighted by molar-refractivity contribution is 0.118. The first-order valence-corrected chi connectivity index (χ1v) is 6.41. The molecule has 1 atom stereocenters. The largest absolute Gasteiger partial charge is 0.387 e. The summed E-state index contributed by atoms with van der Waals surface area (Å²) >= 11 is 2.27. The highest BCUT2D eigenvalue weighted by Crippen LogP contribution is 2.20. The van der Waals surface area contributed by atoms with Gasteiger partial charge in [0.2, 0.25) is 0 Å². The summed E-state index contributed by atoms with van der Waals surface area (Å²) in [6.45, 7) is 6.92. The van der Waals surface area contributed by atoms with E-state index in [0.717, 1.165) is 22.2 Å². The number of halogens is 1. The van der Waals surface area contributed by atoms with E-state index in [0.29, 0.717) is 6.54 Å². The molecule has 0 bridgehead atoms. The fourth-order valence-electron chi connectivity index (χ4n) is 1.57. The van der Waals surface area contributed by atoms with Crippen molar-refractivity contribution in [3.8, 4) is 0 Å². The minimum atomic E-state index is -0.377. The molecule has 0 heterocycles. The Morgan fingerprint density at radius 1 is 1.27 bits per heavy atom. The number of likely N-dealkylation sites (N-methyl/N-ethyl adjacent to an activating group) is 1. The maximum Gasteiger partial charge on any atom is 0.0927 e. The van der Waals surface area contributed by atoms with Crippen LogP contribution in [0.25, 0.3) is 0 Å². The SMILES string of the molecule is CCN(CC)CC(O)c1ccccc1I. The molecule has 0 aliphatic heterocycles. The zero-order chi connectivity index (χ0) is 11.3. The number of hydrogen-bond acceptors (Lipinski definition) is 2. The Balaban J connectivity index is 2.68. The Hall–Kier alpha value is -0.130. The normalized spacial score (nSPS) is 13.1. The summed E-state index contributed by atoms with van der Waals surface area (Å²) in [6, 6.07) is 8.00. The summed E-state index contributed by atoms with van der Waals surface area (Å²) in [5.74, 6) is 0. The molecule has 1 aromatic rings. The number of nitrogens with zero attached hydrogens (tertiary/aromatic N) is 1. The number of aliphatic hydroxyl groups is 1. The van der Waals surface area contributed by atoms with Gasteiger partial charge in [0, 0.05) is 10.1 Å². The molecular weight excluding hydrogens is 301 g/mol. The molecule has 0 saturated carbocycles. The third-order valence-corrected chi connectivity index (χ3v) is 3.57. The van der Waals surface area contributed by atoms with Crippen LogP contribution in [0, 0.1) is 3.57 Å². The Kier molecular flexibility index (Phi) is 5.56. The van der Waals surface area contributed by atoms with Crippen molar-refractivity contribution in [1.29, 1.82) is 0 Å². The van der Waals surface area contributed by atoms with E-state index in [1.807, 2.05) is 24.3 Å². The number of hydrogen-bond donors (Lipinski definition) is 1. The predicted molar refractivity (Wildman–Crippen MR) is 71.9 cm³/mol. The molecular formula is C12H18INO. The van der Waals surface area contributed by atoms with Crippen molar-refractivity contribution in [2.24, 2.45) is 0 Å². The highest BCUT2D eigenvalue weighted by Gasteiger charge is 2.13. The third kappa shape index (κ3) is 3.74. The molecule has 84 valence electrons. The van der Waals surface area contributed by atoms with Crippen LogP contribution in [0.4, 0.5) is 0 Å². The van der Waals surface area contributed by atoms with Gasteiger partial charge in [-0.3, -0.25) is 0 Å². The summed E-state index contributed by atoms with van der Waals surface area (Å²) in [4.78, 5) is 2.23. The molecule has 1 rings (SSSR count). The van der Waals surface area contributed by atoms with Crippen LogP contribution in [0.15, 0.2) is 24.3 Å². The average molecular weight is 319 g/mol. The van der Waals surface area contributed by atoms with E-state index in [2.05, 4.69) is 41.3 Å². The van der Waals surface area contributed by atoms with Crippen LogP contribution in [0.5, 0.6) is 0 Å². The van der Waals surface area contributed by atoms with Gasteiger partial charge < -0.3 is 10.0 Å². The van der Waals surface area contributed by atoms with Gasteiger partial charge in [-0.25, -0.2) is 0 Å². The summed E-state index contributed by atoms with van der Waals surface area (Å²) in [6.07, 6.45) is -0.377. The molecule has 0 radical (unpaired) electrons. The van der Waals surface area contributed by atoms with Crippen molar-refractivity contribution in [3.63, 3.8) is 0 Å². The Bertz CT molecular complexity index is 299. The standard InChI is InChI=1S/C12H18INO/c1-3-14(4-2)9-12(15)10-7-5-6-8-11(10)13/h5-8,12,15H,3-4,9H2,1-2H3. The second-order valence-electron chi connectivity index (χ2n) is 3.52. The number of rotatable bonds is 5. The van der Waals surface area contributed by atoms with Crippen LogP contribution >= 0.6 is 22.6 Å². The van der Waals surface area contributed by atoms with E-state index >= 15 is 0 Å². The van der Waals surface area contributed by atoms with E-state index in [1.54, 1.807) is 0 Å². The van der Waals surface area contributed by atoms with E-state index < -0.39 is 0 Å². The van der Waals surface area contributed by atoms with Crippen molar-refractivity contribution >= 4 is 22.6 Å². The third-order valence-electron chi connectivity index (χ3n) is 2.59. The molecule has 0 amide bonds. The monoisotopic (exact) mass is 319 g/mol. The molecule has 2 nitrogen and oxygen atoms in total. The molecule has 15 heavy (non-hydrogen) atoms. The van der Waals surface area contributed by atoms with E-state index in [-0.39, 0.29) is 6.10 Å². The fourth-order valence-corrected chi connectivity index (χ4v) is 2.32. The fraction of sp³-hybridized carbons (Fsp3) is 0.500. The molecule has 0 aliphatic carbocycles.